The predicted molar refractivity (Wildman–Crippen MR) is 173 cm³/mol. The molecular weight excluding hydrogens is 574 g/mol. The van der Waals surface area contributed by atoms with Crippen LogP contribution in [0.2, 0.25) is 0 Å². The summed E-state index contributed by atoms with van der Waals surface area (Å²) in [6.07, 6.45) is 7.75. The number of benzene rings is 2. The maximum Gasteiger partial charge on any atom is 0.407 e. The standard InChI is InChI=1S/C35H47N3O5S/c1-23-10-12-25(13-11-23)21-44-22-31(34(40)42-20-24-7-3-2-4-8-24)38-33(39)30(36)9-5-6-14-37-35(41)43-32-28-16-26-15-27(18-28)19-29(32)17-26/h2-4,7-8,10-13,26-32H,5-6,9,14-22,36H2,1H3,(H,37,41)(H,38,39)/t26?,27?,28?,29?,30-,31-,32?/m0/s1. The number of rotatable bonds is 15. The molecule has 2 amide bonds. The second-order valence-corrected chi connectivity index (χ2v) is 14.0. The molecule has 4 fully saturated rings. The zero-order valence-corrected chi connectivity index (χ0v) is 26.6. The summed E-state index contributed by atoms with van der Waals surface area (Å²) in [5.41, 5.74) is 9.43. The number of hydrogen-bond donors (Lipinski definition) is 3. The molecule has 6 rings (SSSR count). The van der Waals surface area contributed by atoms with Gasteiger partial charge in [0.15, 0.2) is 0 Å². The van der Waals surface area contributed by atoms with E-state index in [1.54, 1.807) is 11.8 Å². The van der Waals surface area contributed by atoms with Gasteiger partial charge in [-0.15, -0.1) is 0 Å². The topological polar surface area (TPSA) is 120 Å². The average molecular weight is 622 g/mol. The van der Waals surface area contributed by atoms with Gasteiger partial charge in [0.1, 0.15) is 18.8 Å². The van der Waals surface area contributed by atoms with Crippen LogP contribution >= 0.6 is 11.8 Å². The Morgan fingerprint density at radius 3 is 2.27 bits per heavy atom. The maximum atomic E-state index is 13.0. The third-order valence-electron chi connectivity index (χ3n) is 9.43. The van der Waals surface area contributed by atoms with Crippen LogP contribution in [0, 0.1) is 30.6 Å². The minimum atomic E-state index is -0.811. The van der Waals surface area contributed by atoms with E-state index in [0.717, 1.165) is 23.0 Å². The third-order valence-corrected chi connectivity index (χ3v) is 10.5. The molecule has 9 heteroatoms. The van der Waals surface area contributed by atoms with Crippen molar-refractivity contribution in [2.75, 3.05) is 12.3 Å². The molecule has 0 unspecified atom stereocenters. The molecule has 0 heterocycles. The van der Waals surface area contributed by atoms with Crippen LogP contribution in [0.15, 0.2) is 54.6 Å². The SMILES string of the molecule is Cc1ccc(CSC[C@H](NC(=O)[C@@H](N)CCCCNC(=O)OC2C3CC4CC(C3)CC2C4)C(=O)OCc2ccccc2)cc1. The fourth-order valence-corrected chi connectivity index (χ4v) is 8.30. The Morgan fingerprint density at radius 1 is 0.909 bits per heavy atom. The van der Waals surface area contributed by atoms with Gasteiger partial charge in [-0.1, -0.05) is 60.2 Å². The van der Waals surface area contributed by atoms with E-state index >= 15 is 0 Å². The minimum Gasteiger partial charge on any atom is -0.459 e. The van der Waals surface area contributed by atoms with Crippen molar-refractivity contribution in [1.29, 1.82) is 0 Å². The van der Waals surface area contributed by atoms with Crippen molar-refractivity contribution < 1.29 is 23.9 Å². The molecule has 4 bridgehead atoms. The number of carbonyl (C=O) groups excluding carboxylic acids is 3. The van der Waals surface area contributed by atoms with Crippen LogP contribution in [0.25, 0.3) is 0 Å². The molecule has 0 saturated heterocycles. The summed E-state index contributed by atoms with van der Waals surface area (Å²) in [6, 6.07) is 16.1. The Hall–Kier alpha value is -3.04. The van der Waals surface area contributed by atoms with Gasteiger partial charge in [0.2, 0.25) is 5.91 Å². The number of alkyl carbamates (subject to hydrolysis) is 1. The number of ether oxygens (including phenoxy) is 2. The van der Waals surface area contributed by atoms with Crippen molar-refractivity contribution in [3.63, 3.8) is 0 Å². The molecule has 4 aliphatic rings. The molecule has 2 aromatic carbocycles. The first-order valence-corrected chi connectivity index (χ1v) is 17.3. The van der Waals surface area contributed by atoms with E-state index in [1.165, 1.54) is 37.7 Å². The van der Waals surface area contributed by atoms with Gasteiger partial charge < -0.3 is 25.8 Å². The summed E-state index contributed by atoms with van der Waals surface area (Å²) in [4.78, 5) is 38.5. The van der Waals surface area contributed by atoms with Crippen LogP contribution in [0.5, 0.6) is 0 Å². The van der Waals surface area contributed by atoms with Crippen LogP contribution in [-0.2, 0) is 31.4 Å². The first-order valence-electron chi connectivity index (χ1n) is 16.2. The van der Waals surface area contributed by atoms with E-state index in [0.29, 0.717) is 49.1 Å². The molecule has 4 aliphatic carbocycles. The Labute approximate surface area is 265 Å². The smallest absolute Gasteiger partial charge is 0.407 e. The second kappa shape index (κ2) is 15.8. The number of nitrogens with two attached hydrogens (primary N) is 1. The number of amides is 2. The Balaban J connectivity index is 1.02. The summed E-state index contributed by atoms with van der Waals surface area (Å²) in [6.45, 7) is 2.66. The third kappa shape index (κ3) is 9.24. The van der Waals surface area contributed by atoms with Crippen molar-refractivity contribution in [1.82, 2.24) is 10.6 Å². The highest BCUT2D eigenvalue weighted by Gasteiger charge is 2.49. The summed E-state index contributed by atoms with van der Waals surface area (Å²) in [7, 11) is 0. The number of nitrogens with one attached hydrogen (secondary N) is 2. The molecule has 0 aliphatic heterocycles. The largest absolute Gasteiger partial charge is 0.459 e. The van der Waals surface area contributed by atoms with Crippen molar-refractivity contribution >= 4 is 29.7 Å². The maximum absolute atomic E-state index is 13.0. The lowest BCUT2D eigenvalue weighted by Crippen LogP contribution is -2.51. The predicted octanol–water partition coefficient (Wildman–Crippen LogP) is 5.50. The number of unbranched alkanes of at least 4 members (excludes halogenated alkanes) is 1. The van der Waals surface area contributed by atoms with E-state index in [4.69, 9.17) is 15.2 Å². The van der Waals surface area contributed by atoms with Crippen molar-refractivity contribution in [2.45, 2.75) is 88.8 Å². The van der Waals surface area contributed by atoms with Crippen molar-refractivity contribution in [2.24, 2.45) is 29.4 Å². The monoisotopic (exact) mass is 621 g/mol. The van der Waals surface area contributed by atoms with Gasteiger partial charge >= 0.3 is 12.1 Å². The van der Waals surface area contributed by atoms with Crippen LogP contribution in [0.3, 0.4) is 0 Å². The Bertz CT molecular complexity index is 1210. The number of hydrogen-bond acceptors (Lipinski definition) is 7. The Kier molecular flexibility index (Phi) is 11.6. The van der Waals surface area contributed by atoms with E-state index in [1.807, 2.05) is 37.3 Å². The van der Waals surface area contributed by atoms with Gasteiger partial charge in [0.05, 0.1) is 6.04 Å². The lowest BCUT2D eigenvalue weighted by Gasteiger charge is -2.53. The minimum absolute atomic E-state index is 0.0716. The number of esters is 1. The fourth-order valence-electron chi connectivity index (χ4n) is 7.30. The first-order chi connectivity index (χ1) is 21.3. The van der Waals surface area contributed by atoms with E-state index in [2.05, 4.69) is 34.9 Å². The fraction of sp³-hybridized carbons (Fsp3) is 0.571. The number of carbonyl (C=O) groups is 3. The zero-order chi connectivity index (χ0) is 30.9. The first kappa shape index (κ1) is 32.4. The summed E-state index contributed by atoms with van der Waals surface area (Å²) >= 11 is 1.56. The van der Waals surface area contributed by atoms with Gasteiger partial charge in [-0.05, 0) is 93.1 Å². The van der Waals surface area contributed by atoms with Gasteiger partial charge in [0.25, 0.3) is 0 Å². The van der Waals surface area contributed by atoms with Gasteiger partial charge in [-0.25, -0.2) is 9.59 Å². The highest BCUT2D eigenvalue weighted by atomic mass is 32.2. The molecule has 8 nitrogen and oxygen atoms in total. The molecule has 4 saturated carbocycles. The summed E-state index contributed by atoms with van der Waals surface area (Å²) < 4.78 is 11.4. The molecular formula is C35H47N3O5S. The lowest BCUT2D eigenvalue weighted by molar-refractivity contribution is -0.148. The molecule has 238 valence electrons. The number of aryl methyl sites for hydroxylation is 1. The molecule has 0 radical (unpaired) electrons. The normalized spacial score (nSPS) is 24.7. The molecule has 0 aromatic heterocycles. The molecule has 0 spiro atoms. The lowest BCUT2D eigenvalue weighted by atomic mass is 9.55. The quantitative estimate of drug-likeness (QED) is 0.177. The summed E-state index contributed by atoms with van der Waals surface area (Å²) in [5, 5.41) is 5.72. The highest BCUT2D eigenvalue weighted by Crippen LogP contribution is 2.54. The average Bonchev–Trinajstić information content (AvgIpc) is 3.02. The molecule has 44 heavy (non-hydrogen) atoms. The van der Waals surface area contributed by atoms with Crippen LogP contribution in [-0.4, -0.2) is 48.5 Å². The van der Waals surface area contributed by atoms with E-state index in [-0.39, 0.29) is 24.7 Å². The summed E-state index contributed by atoms with van der Waals surface area (Å²) in [5.74, 6) is 2.98. The highest BCUT2D eigenvalue weighted by molar-refractivity contribution is 7.98. The number of thioether (sulfide) groups is 1. The van der Waals surface area contributed by atoms with Crippen LogP contribution < -0.4 is 16.4 Å². The zero-order valence-electron chi connectivity index (χ0n) is 25.7. The van der Waals surface area contributed by atoms with Crippen molar-refractivity contribution in [3.8, 4) is 0 Å². The Morgan fingerprint density at radius 2 is 1.59 bits per heavy atom. The van der Waals surface area contributed by atoms with E-state index < -0.39 is 18.1 Å². The van der Waals surface area contributed by atoms with E-state index in [9.17, 15) is 14.4 Å². The van der Waals surface area contributed by atoms with Crippen LogP contribution in [0.4, 0.5) is 4.79 Å². The molecule has 4 N–H and O–H groups in total. The molecule has 2 atom stereocenters. The van der Waals surface area contributed by atoms with Crippen molar-refractivity contribution in [3.05, 3.63) is 71.3 Å². The van der Waals surface area contributed by atoms with Gasteiger partial charge in [0, 0.05) is 18.1 Å². The second-order valence-electron chi connectivity index (χ2n) is 13.0. The van der Waals surface area contributed by atoms with Crippen LogP contribution in [0.1, 0.15) is 68.1 Å². The van der Waals surface area contributed by atoms with Gasteiger partial charge in [-0.2, -0.15) is 11.8 Å². The molecule has 2 aromatic rings. The van der Waals surface area contributed by atoms with Gasteiger partial charge in [-0.3, -0.25) is 4.79 Å².